The van der Waals surface area contributed by atoms with E-state index < -0.39 is 12.1 Å². The molecule has 0 aromatic heterocycles. The molecule has 6 heteroatoms. The summed E-state index contributed by atoms with van der Waals surface area (Å²) in [7, 11) is 1.57. The van der Waals surface area contributed by atoms with Crippen molar-refractivity contribution in [2.24, 2.45) is 5.92 Å². The average Bonchev–Trinajstić information content (AvgIpc) is 2.92. The number of hydrogen-bond donors (Lipinski definition) is 2. The van der Waals surface area contributed by atoms with Gasteiger partial charge in [-0.15, -0.1) is 0 Å². The number of allylic oxidation sites excluding steroid dienone is 3. The summed E-state index contributed by atoms with van der Waals surface area (Å²) in [5.74, 6) is 1.12. The van der Waals surface area contributed by atoms with Gasteiger partial charge in [-0.2, -0.15) is 0 Å². The zero-order chi connectivity index (χ0) is 26.2. The average molecular weight is 501 g/mol. The van der Waals surface area contributed by atoms with Crippen LogP contribution < -0.4 is 14.2 Å². The maximum absolute atomic E-state index is 11.2. The summed E-state index contributed by atoms with van der Waals surface area (Å²) >= 11 is 0. The number of ether oxygens (including phenoxy) is 3. The van der Waals surface area contributed by atoms with Gasteiger partial charge in [0.05, 0.1) is 13.5 Å². The fourth-order valence-electron chi connectivity index (χ4n) is 4.29. The van der Waals surface area contributed by atoms with Crippen molar-refractivity contribution >= 4 is 11.5 Å². The molecule has 0 saturated heterocycles. The lowest BCUT2D eigenvalue weighted by Gasteiger charge is -2.22. The Balaban J connectivity index is 1.37. The van der Waals surface area contributed by atoms with Crippen LogP contribution in [0.25, 0.3) is 16.7 Å². The molecule has 1 aliphatic carbocycles. The second kappa shape index (κ2) is 12.3. The van der Waals surface area contributed by atoms with Crippen molar-refractivity contribution in [2.45, 2.75) is 25.9 Å². The van der Waals surface area contributed by atoms with Crippen LogP contribution in [0.2, 0.25) is 0 Å². The third-order valence-electron chi connectivity index (χ3n) is 6.29. The van der Waals surface area contributed by atoms with Gasteiger partial charge in [0.1, 0.15) is 25.1 Å². The highest BCUT2D eigenvalue weighted by Gasteiger charge is 2.19. The lowest BCUT2D eigenvalue weighted by molar-refractivity contribution is -0.136. The Kier molecular flexibility index (Phi) is 8.64. The van der Waals surface area contributed by atoms with Gasteiger partial charge in [0.15, 0.2) is 11.5 Å². The van der Waals surface area contributed by atoms with Crippen LogP contribution in [0.1, 0.15) is 25.3 Å². The first-order chi connectivity index (χ1) is 17.9. The van der Waals surface area contributed by atoms with Crippen LogP contribution in [0.5, 0.6) is 17.2 Å². The van der Waals surface area contributed by atoms with E-state index in [0.29, 0.717) is 17.2 Å². The van der Waals surface area contributed by atoms with Crippen LogP contribution >= 0.6 is 0 Å². The molecule has 0 fully saturated rings. The van der Waals surface area contributed by atoms with Crippen LogP contribution in [0.3, 0.4) is 0 Å². The fourth-order valence-corrected chi connectivity index (χ4v) is 4.29. The molecule has 4 rings (SSSR count). The lowest BCUT2D eigenvalue weighted by Crippen LogP contribution is -2.25. The molecule has 2 N–H and O–H groups in total. The van der Waals surface area contributed by atoms with Gasteiger partial charge in [-0.25, -0.2) is 0 Å². The first-order valence-electron chi connectivity index (χ1n) is 12.3. The number of carboxylic acids is 1. The van der Waals surface area contributed by atoms with E-state index in [0.717, 1.165) is 34.3 Å². The third-order valence-corrected chi connectivity index (χ3v) is 6.29. The van der Waals surface area contributed by atoms with Crippen molar-refractivity contribution in [3.63, 3.8) is 0 Å². The normalized spacial score (nSPS) is 15.8. The number of aliphatic hydroxyl groups is 1. The number of aliphatic hydroxyl groups excluding tert-OH is 1. The summed E-state index contributed by atoms with van der Waals surface area (Å²) in [6.07, 6.45) is 3.85. The van der Waals surface area contributed by atoms with E-state index in [1.807, 2.05) is 72.8 Å². The first-order valence-corrected chi connectivity index (χ1v) is 12.3. The fraction of sp³-hybridized carbons (Fsp3) is 0.258. The molecule has 3 aromatic carbocycles. The number of carboxylic acid groups (broad SMARTS) is 1. The molecule has 37 heavy (non-hydrogen) atoms. The van der Waals surface area contributed by atoms with Gasteiger partial charge < -0.3 is 24.4 Å². The summed E-state index contributed by atoms with van der Waals surface area (Å²) in [5.41, 5.74) is 5.00. The molecule has 0 bridgehead atoms. The second-order valence-electron chi connectivity index (χ2n) is 9.12. The molecule has 0 saturated carbocycles. The van der Waals surface area contributed by atoms with Gasteiger partial charge in [0.25, 0.3) is 0 Å². The molecule has 2 atom stereocenters. The van der Waals surface area contributed by atoms with E-state index >= 15 is 0 Å². The number of rotatable bonds is 11. The van der Waals surface area contributed by atoms with E-state index in [9.17, 15) is 9.90 Å². The minimum Gasteiger partial charge on any atom is -0.493 e. The van der Waals surface area contributed by atoms with E-state index in [1.165, 1.54) is 0 Å². The molecule has 2 unspecified atom stereocenters. The Hall–Kier alpha value is -4.03. The van der Waals surface area contributed by atoms with Crippen molar-refractivity contribution in [1.29, 1.82) is 0 Å². The van der Waals surface area contributed by atoms with Crippen LogP contribution in [0.4, 0.5) is 0 Å². The summed E-state index contributed by atoms with van der Waals surface area (Å²) in [6, 6.07) is 23.5. The maximum atomic E-state index is 11.2. The van der Waals surface area contributed by atoms with Crippen molar-refractivity contribution in [3.05, 3.63) is 96.1 Å². The van der Waals surface area contributed by atoms with Gasteiger partial charge in [0, 0.05) is 0 Å². The molecule has 0 radical (unpaired) electrons. The van der Waals surface area contributed by atoms with Crippen molar-refractivity contribution < 1.29 is 29.2 Å². The summed E-state index contributed by atoms with van der Waals surface area (Å²) < 4.78 is 17.1. The number of aliphatic carboxylic acids is 1. The van der Waals surface area contributed by atoms with E-state index in [2.05, 4.69) is 19.1 Å². The highest BCUT2D eigenvalue weighted by molar-refractivity contribution is 5.77. The smallest absolute Gasteiger partial charge is 0.307 e. The Morgan fingerprint density at radius 3 is 2.30 bits per heavy atom. The molecule has 6 nitrogen and oxygen atoms in total. The Bertz CT molecular complexity index is 1260. The zero-order valence-corrected chi connectivity index (χ0v) is 21.1. The zero-order valence-electron chi connectivity index (χ0n) is 21.1. The van der Waals surface area contributed by atoms with E-state index in [4.69, 9.17) is 19.3 Å². The van der Waals surface area contributed by atoms with Gasteiger partial charge in [-0.1, -0.05) is 67.6 Å². The Labute approximate surface area is 217 Å². The van der Waals surface area contributed by atoms with Gasteiger partial charge in [-0.05, 0) is 64.4 Å². The topological polar surface area (TPSA) is 85.2 Å². The Morgan fingerprint density at radius 2 is 1.59 bits per heavy atom. The molecule has 0 heterocycles. The minimum atomic E-state index is -0.849. The maximum Gasteiger partial charge on any atom is 0.307 e. The van der Waals surface area contributed by atoms with Gasteiger partial charge in [0.2, 0.25) is 0 Å². The van der Waals surface area contributed by atoms with Crippen molar-refractivity contribution in [2.75, 3.05) is 20.3 Å². The van der Waals surface area contributed by atoms with E-state index in [1.54, 1.807) is 7.11 Å². The largest absolute Gasteiger partial charge is 0.493 e. The van der Waals surface area contributed by atoms with Crippen LogP contribution in [-0.4, -0.2) is 42.6 Å². The standard InChI is InChI=1S/C31H32O6/c1-21-8-9-22(17-31(33)34)16-28(21)25-12-15-29(35-2)30(18-25)37-20-26(32)19-36-27-13-10-24(11-14-27)23-6-4-3-5-7-23/h3-7,9-16,18,21,26,32H,8,17,19-20H2,1-2H3,(H,33,34). The molecule has 0 aliphatic heterocycles. The van der Waals surface area contributed by atoms with Crippen molar-refractivity contribution in [3.8, 4) is 28.4 Å². The van der Waals surface area contributed by atoms with E-state index in [-0.39, 0.29) is 25.6 Å². The first kappa shape index (κ1) is 26.0. The monoisotopic (exact) mass is 500 g/mol. The number of carbonyl (C=O) groups is 1. The SMILES string of the molecule is COc1ccc(C2=CC(CC(=O)O)=CCC2C)cc1OCC(O)COc1ccc(-c2ccccc2)cc1. The summed E-state index contributed by atoms with van der Waals surface area (Å²) in [6.45, 7) is 2.22. The molecule has 192 valence electrons. The molecular weight excluding hydrogens is 468 g/mol. The van der Waals surface area contributed by atoms with Gasteiger partial charge in [-0.3, -0.25) is 4.79 Å². The number of hydrogen-bond acceptors (Lipinski definition) is 5. The predicted molar refractivity (Wildman–Crippen MR) is 144 cm³/mol. The highest BCUT2D eigenvalue weighted by Crippen LogP contribution is 2.37. The highest BCUT2D eigenvalue weighted by atomic mass is 16.5. The molecular formula is C31H32O6. The summed E-state index contributed by atoms with van der Waals surface area (Å²) in [4.78, 5) is 11.2. The Morgan fingerprint density at radius 1 is 0.919 bits per heavy atom. The molecule has 0 spiro atoms. The molecule has 1 aliphatic rings. The minimum absolute atomic E-state index is 0.00307. The number of methoxy groups -OCH3 is 1. The third kappa shape index (κ3) is 7.02. The van der Waals surface area contributed by atoms with Crippen LogP contribution in [0, 0.1) is 5.92 Å². The predicted octanol–water partition coefficient (Wildman–Crippen LogP) is 6.01. The van der Waals surface area contributed by atoms with Crippen LogP contribution in [-0.2, 0) is 4.79 Å². The summed E-state index contributed by atoms with van der Waals surface area (Å²) in [5, 5.41) is 19.6. The number of benzene rings is 3. The van der Waals surface area contributed by atoms with Crippen LogP contribution in [0.15, 0.2) is 90.5 Å². The second-order valence-corrected chi connectivity index (χ2v) is 9.12. The lowest BCUT2D eigenvalue weighted by atomic mass is 9.84. The van der Waals surface area contributed by atoms with Crippen molar-refractivity contribution in [1.82, 2.24) is 0 Å². The molecule has 3 aromatic rings. The quantitative estimate of drug-likeness (QED) is 0.336. The van der Waals surface area contributed by atoms with Gasteiger partial charge >= 0.3 is 5.97 Å². The molecule has 0 amide bonds.